The smallest absolute Gasteiger partial charge is 0.0710 e. The van der Waals surface area contributed by atoms with E-state index in [1.54, 1.807) is 7.11 Å². The molecule has 0 aromatic carbocycles. The molecule has 1 rings (SSSR count). The highest BCUT2D eigenvalue weighted by molar-refractivity contribution is 4.74. The molecule has 2 heteroatoms. The van der Waals surface area contributed by atoms with Crippen molar-refractivity contribution in [1.29, 1.82) is 0 Å². The third-order valence-corrected chi connectivity index (χ3v) is 2.10. The van der Waals surface area contributed by atoms with Crippen LogP contribution in [0.5, 0.6) is 0 Å². The SMILES string of the molecule is CC.CCCN1CCC(OC)C1. The van der Waals surface area contributed by atoms with E-state index in [4.69, 9.17) is 4.74 Å². The van der Waals surface area contributed by atoms with Gasteiger partial charge in [0.2, 0.25) is 0 Å². The van der Waals surface area contributed by atoms with Crippen LogP contribution in [0.3, 0.4) is 0 Å². The fraction of sp³-hybridized carbons (Fsp3) is 1.00. The molecule has 0 radical (unpaired) electrons. The minimum Gasteiger partial charge on any atom is -0.380 e. The maximum atomic E-state index is 5.25. The third kappa shape index (κ3) is 4.07. The molecule has 0 aromatic rings. The average Bonchev–Trinajstić information content (AvgIpc) is 2.57. The lowest BCUT2D eigenvalue weighted by atomic mass is 10.3. The molecular weight excluding hydrogens is 150 g/mol. The van der Waals surface area contributed by atoms with Gasteiger partial charge in [0.05, 0.1) is 6.10 Å². The second-order valence-corrected chi connectivity index (χ2v) is 2.95. The number of likely N-dealkylation sites (tertiary alicyclic amines) is 1. The van der Waals surface area contributed by atoms with E-state index in [-0.39, 0.29) is 0 Å². The van der Waals surface area contributed by atoms with Crippen molar-refractivity contribution in [2.45, 2.75) is 39.7 Å². The van der Waals surface area contributed by atoms with Gasteiger partial charge in [0, 0.05) is 20.2 Å². The average molecular weight is 173 g/mol. The Bertz CT molecular complexity index is 95.8. The summed E-state index contributed by atoms with van der Waals surface area (Å²) >= 11 is 0. The summed E-state index contributed by atoms with van der Waals surface area (Å²) in [5, 5.41) is 0. The van der Waals surface area contributed by atoms with Crippen LogP contribution in [0.15, 0.2) is 0 Å². The van der Waals surface area contributed by atoms with Gasteiger partial charge in [0.1, 0.15) is 0 Å². The van der Waals surface area contributed by atoms with Crippen molar-refractivity contribution in [3.8, 4) is 0 Å². The van der Waals surface area contributed by atoms with E-state index in [9.17, 15) is 0 Å². The zero-order chi connectivity index (χ0) is 9.40. The van der Waals surface area contributed by atoms with E-state index < -0.39 is 0 Å². The van der Waals surface area contributed by atoms with Crippen LogP contribution >= 0.6 is 0 Å². The molecule has 1 fully saturated rings. The molecule has 1 unspecified atom stereocenters. The molecule has 2 nitrogen and oxygen atoms in total. The summed E-state index contributed by atoms with van der Waals surface area (Å²) in [6, 6.07) is 0. The summed E-state index contributed by atoms with van der Waals surface area (Å²) in [6.07, 6.45) is 2.99. The Morgan fingerprint density at radius 2 is 2.08 bits per heavy atom. The number of rotatable bonds is 3. The minimum atomic E-state index is 0.506. The van der Waals surface area contributed by atoms with Crippen molar-refractivity contribution in [3.63, 3.8) is 0 Å². The zero-order valence-electron chi connectivity index (χ0n) is 8.97. The second-order valence-electron chi connectivity index (χ2n) is 2.95. The molecule has 12 heavy (non-hydrogen) atoms. The molecule has 1 atom stereocenters. The van der Waals surface area contributed by atoms with E-state index in [1.165, 1.54) is 25.9 Å². The Kier molecular flexibility index (Phi) is 7.51. The van der Waals surface area contributed by atoms with E-state index >= 15 is 0 Å². The van der Waals surface area contributed by atoms with Gasteiger partial charge in [-0.2, -0.15) is 0 Å². The summed E-state index contributed by atoms with van der Waals surface area (Å²) in [4.78, 5) is 2.47. The van der Waals surface area contributed by atoms with Gasteiger partial charge in [-0.1, -0.05) is 20.8 Å². The summed E-state index contributed by atoms with van der Waals surface area (Å²) in [5.74, 6) is 0. The maximum absolute atomic E-state index is 5.25. The van der Waals surface area contributed by atoms with Gasteiger partial charge in [-0.3, -0.25) is 0 Å². The van der Waals surface area contributed by atoms with Gasteiger partial charge in [-0.05, 0) is 19.4 Å². The lowest BCUT2D eigenvalue weighted by Gasteiger charge is -2.13. The summed E-state index contributed by atoms with van der Waals surface area (Å²) in [6.45, 7) is 9.83. The number of hydrogen-bond acceptors (Lipinski definition) is 2. The largest absolute Gasteiger partial charge is 0.380 e. The van der Waals surface area contributed by atoms with Crippen molar-refractivity contribution in [3.05, 3.63) is 0 Å². The first-order valence-electron chi connectivity index (χ1n) is 5.12. The maximum Gasteiger partial charge on any atom is 0.0710 e. The Labute approximate surface area is 76.9 Å². The molecule has 0 aliphatic carbocycles. The number of nitrogens with zero attached hydrogens (tertiary/aromatic N) is 1. The predicted octanol–water partition coefficient (Wildman–Crippen LogP) is 2.14. The van der Waals surface area contributed by atoms with Gasteiger partial charge >= 0.3 is 0 Å². The van der Waals surface area contributed by atoms with Crippen LogP contribution in [0.1, 0.15) is 33.6 Å². The van der Waals surface area contributed by atoms with E-state index in [2.05, 4.69) is 11.8 Å². The Morgan fingerprint density at radius 3 is 2.50 bits per heavy atom. The molecule has 0 saturated carbocycles. The van der Waals surface area contributed by atoms with Crippen molar-refractivity contribution >= 4 is 0 Å². The quantitative estimate of drug-likeness (QED) is 0.648. The lowest BCUT2D eigenvalue weighted by Crippen LogP contribution is -2.23. The van der Waals surface area contributed by atoms with Gasteiger partial charge < -0.3 is 9.64 Å². The van der Waals surface area contributed by atoms with Crippen molar-refractivity contribution in [2.75, 3.05) is 26.7 Å². The number of ether oxygens (including phenoxy) is 1. The van der Waals surface area contributed by atoms with Crippen LogP contribution in [0.25, 0.3) is 0 Å². The van der Waals surface area contributed by atoms with Crippen LogP contribution in [-0.4, -0.2) is 37.7 Å². The highest BCUT2D eigenvalue weighted by atomic mass is 16.5. The zero-order valence-corrected chi connectivity index (χ0v) is 8.97. The Balaban J connectivity index is 0.000000561. The summed E-state index contributed by atoms with van der Waals surface area (Å²) < 4.78 is 5.25. The van der Waals surface area contributed by atoms with Gasteiger partial charge in [-0.25, -0.2) is 0 Å². The van der Waals surface area contributed by atoms with Crippen LogP contribution in [-0.2, 0) is 4.74 Å². The first-order valence-corrected chi connectivity index (χ1v) is 5.12. The monoisotopic (exact) mass is 173 g/mol. The van der Waals surface area contributed by atoms with Crippen LogP contribution in [0, 0.1) is 0 Å². The number of hydrogen-bond donors (Lipinski definition) is 0. The van der Waals surface area contributed by atoms with Crippen LogP contribution in [0.4, 0.5) is 0 Å². The highest BCUT2D eigenvalue weighted by Crippen LogP contribution is 2.11. The molecule has 1 aliphatic heterocycles. The van der Waals surface area contributed by atoms with Crippen molar-refractivity contribution < 1.29 is 4.74 Å². The van der Waals surface area contributed by atoms with Crippen LogP contribution < -0.4 is 0 Å². The molecule has 0 aromatic heterocycles. The molecular formula is C10H23NO. The first-order chi connectivity index (χ1) is 5.86. The molecule has 0 amide bonds. The van der Waals surface area contributed by atoms with Gasteiger partial charge in [0.25, 0.3) is 0 Å². The van der Waals surface area contributed by atoms with E-state index in [0.717, 1.165) is 6.54 Å². The second kappa shape index (κ2) is 7.56. The molecule has 1 aliphatic rings. The number of methoxy groups -OCH3 is 1. The highest BCUT2D eigenvalue weighted by Gasteiger charge is 2.20. The van der Waals surface area contributed by atoms with Crippen molar-refractivity contribution in [2.24, 2.45) is 0 Å². The molecule has 0 N–H and O–H groups in total. The molecule has 0 bridgehead atoms. The molecule has 1 saturated heterocycles. The van der Waals surface area contributed by atoms with E-state index in [0.29, 0.717) is 6.10 Å². The van der Waals surface area contributed by atoms with Gasteiger partial charge in [0.15, 0.2) is 0 Å². The Hall–Kier alpha value is -0.0800. The van der Waals surface area contributed by atoms with E-state index in [1.807, 2.05) is 13.8 Å². The molecule has 74 valence electrons. The first kappa shape index (κ1) is 11.9. The molecule has 1 heterocycles. The lowest BCUT2D eigenvalue weighted by molar-refractivity contribution is 0.108. The van der Waals surface area contributed by atoms with Crippen LogP contribution in [0.2, 0.25) is 0 Å². The minimum absolute atomic E-state index is 0.506. The third-order valence-electron chi connectivity index (χ3n) is 2.10. The topological polar surface area (TPSA) is 12.5 Å². The fourth-order valence-corrected chi connectivity index (χ4v) is 1.51. The predicted molar refractivity (Wildman–Crippen MR) is 53.5 cm³/mol. The summed E-state index contributed by atoms with van der Waals surface area (Å²) in [7, 11) is 1.81. The Morgan fingerprint density at radius 1 is 1.42 bits per heavy atom. The molecule has 0 spiro atoms. The normalized spacial score (nSPS) is 23.5. The van der Waals surface area contributed by atoms with Crippen molar-refractivity contribution in [1.82, 2.24) is 4.90 Å². The van der Waals surface area contributed by atoms with Gasteiger partial charge in [-0.15, -0.1) is 0 Å². The standard InChI is InChI=1S/C8H17NO.C2H6/c1-3-5-9-6-4-8(7-9)10-2;1-2/h8H,3-7H2,1-2H3;1-2H3. The fourth-order valence-electron chi connectivity index (χ4n) is 1.51. The summed E-state index contributed by atoms with van der Waals surface area (Å²) in [5.41, 5.74) is 0.